The van der Waals surface area contributed by atoms with Gasteiger partial charge in [0.1, 0.15) is 5.58 Å². The molecule has 9 aromatic carbocycles. The van der Waals surface area contributed by atoms with Crippen LogP contribution in [-0.4, -0.2) is 0 Å². The predicted molar refractivity (Wildman–Crippen MR) is 243 cm³/mol. The van der Waals surface area contributed by atoms with Gasteiger partial charge in [-0.1, -0.05) is 158 Å². The van der Waals surface area contributed by atoms with Crippen molar-refractivity contribution in [1.29, 1.82) is 0 Å². The van der Waals surface area contributed by atoms with E-state index in [9.17, 15) is 0 Å². The molecular formula is C54H35NOS. The Balaban J connectivity index is 1.12. The SMILES string of the molecule is c1ccc(-c2ccc(-c3ccc(N(c4cc(-c5ccccc5)cc(-c5cccc6sc7ccccc7c56)c4)c4cccc5c4oc4ccccc45)cc3)cc2)cc1. The van der Waals surface area contributed by atoms with E-state index in [-0.39, 0.29) is 0 Å². The number of para-hydroxylation sites is 2. The summed E-state index contributed by atoms with van der Waals surface area (Å²) in [5.74, 6) is 0. The lowest BCUT2D eigenvalue weighted by Gasteiger charge is -2.27. The number of hydrogen-bond acceptors (Lipinski definition) is 3. The predicted octanol–water partition coefficient (Wildman–Crippen LogP) is 16.1. The van der Waals surface area contributed by atoms with Crippen LogP contribution >= 0.6 is 11.3 Å². The molecule has 57 heavy (non-hydrogen) atoms. The lowest BCUT2D eigenvalue weighted by molar-refractivity contribution is 0.669. The third-order valence-corrected chi connectivity index (χ3v) is 12.2. The average molecular weight is 746 g/mol. The molecule has 11 aromatic rings. The second kappa shape index (κ2) is 13.8. The minimum absolute atomic E-state index is 0.858. The number of hydrogen-bond donors (Lipinski definition) is 0. The highest BCUT2D eigenvalue weighted by Crippen LogP contribution is 2.46. The molecular weight excluding hydrogens is 711 g/mol. The monoisotopic (exact) mass is 745 g/mol. The first-order valence-electron chi connectivity index (χ1n) is 19.3. The molecule has 0 aliphatic heterocycles. The van der Waals surface area contributed by atoms with E-state index < -0.39 is 0 Å². The minimum Gasteiger partial charge on any atom is -0.454 e. The molecule has 0 spiro atoms. The summed E-state index contributed by atoms with van der Waals surface area (Å²) in [5, 5.41) is 4.79. The van der Waals surface area contributed by atoms with Crippen molar-refractivity contribution in [2.45, 2.75) is 0 Å². The van der Waals surface area contributed by atoms with Gasteiger partial charge in [-0.2, -0.15) is 0 Å². The van der Waals surface area contributed by atoms with Gasteiger partial charge in [0.25, 0.3) is 0 Å². The van der Waals surface area contributed by atoms with Crippen LogP contribution in [0, 0.1) is 0 Å². The van der Waals surface area contributed by atoms with Crippen LogP contribution in [-0.2, 0) is 0 Å². The lowest BCUT2D eigenvalue weighted by Crippen LogP contribution is -2.10. The largest absolute Gasteiger partial charge is 0.454 e. The van der Waals surface area contributed by atoms with Crippen molar-refractivity contribution in [1.82, 2.24) is 0 Å². The Hall–Kier alpha value is -7.20. The van der Waals surface area contributed by atoms with Crippen molar-refractivity contribution in [3.05, 3.63) is 212 Å². The van der Waals surface area contributed by atoms with Crippen LogP contribution in [0.15, 0.2) is 217 Å². The zero-order valence-corrected chi connectivity index (χ0v) is 31.8. The van der Waals surface area contributed by atoms with Crippen molar-refractivity contribution >= 4 is 70.5 Å². The van der Waals surface area contributed by atoms with Crippen LogP contribution in [0.2, 0.25) is 0 Å². The zero-order chi connectivity index (χ0) is 37.7. The van der Waals surface area contributed by atoms with Gasteiger partial charge in [0.2, 0.25) is 0 Å². The molecule has 0 radical (unpaired) electrons. The molecule has 2 aromatic heterocycles. The Morgan fingerprint density at radius 3 is 1.63 bits per heavy atom. The number of nitrogens with zero attached hydrogens (tertiary/aromatic N) is 1. The number of rotatable bonds is 7. The molecule has 11 rings (SSSR count). The van der Waals surface area contributed by atoms with E-state index in [1.165, 1.54) is 48.0 Å². The fraction of sp³-hybridized carbons (Fsp3) is 0. The van der Waals surface area contributed by atoms with Gasteiger partial charge >= 0.3 is 0 Å². The number of furan rings is 1. The maximum Gasteiger partial charge on any atom is 0.159 e. The van der Waals surface area contributed by atoms with Gasteiger partial charge in [0.15, 0.2) is 5.58 Å². The fourth-order valence-electron chi connectivity index (χ4n) is 8.33. The number of fused-ring (bicyclic) bond motifs is 6. The van der Waals surface area contributed by atoms with Crippen molar-refractivity contribution < 1.29 is 4.42 Å². The van der Waals surface area contributed by atoms with Gasteiger partial charge in [-0.05, 0) is 99.1 Å². The van der Waals surface area contributed by atoms with E-state index in [0.717, 1.165) is 55.7 Å². The van der Waals surface area contributed by atoms with Crippen molar-refractivity contribution in [3.8, 4) is 44.5 Å². The standard InChI is InChI=1S/C54H35NOS/c1-3-13-36(14-4-1)38-25-27-39(28-26-38)40-29-31-43(32-30-40)55(49-21-11-20-47-46-17-7-9-22-50(46)56-54(47)49)44-34-41(37-15-5-2-6-16-37)33-42(35-44)45-19-12-24-52-53(45)48-18-8-10-23-51(48)57-52/h1-35H. The van der Waals surface area contributed by atoms with Gasteiger partial charge < -0.3 is 9.32 Å². The summed E-state index contributed by atoms with van der Waals surface area (Å²) in [6, 6.07) is 76.4. The van der Waals surface area contributed by atoms with Crippen LogP contribution in [0.3, 0.4) is 0 Å². The van der Waals surface area contributed by atoms with Crippen molar-refractivity contribution in [2.24, 2.45) is 0 Å². The molecule has 0 aliphatic rings. The molecule has 0 N–H and O–H groups in total. The Bertz CT molecular complexity index is 3210. The van der Waals surface area contributed by atoms with E-state index in [0.29, 0.717) is 0 Å². The van der Waals surface area contributed by atoms with E-state index in [1.54, 1.807) is 0 Å². The maximum absolute atomic E-state index is 6.73. The molecule has 0 amide bonds. The average Bonchev–Trinajstić information content (AvgIpc) is 3.87. The molecule has 0 aliphatic carbocycles. The summed E-state index contributed by atoms with van der Waals surface area (Å²) < 4.78 is 9.32. The normalized spacial score (nSPS) is 11.5. The fourth-order valence-corrected chi connectivity index (χ4v) is 9.46. The van der Waals surface area contributed by atoms with Crippen LogP contribution < -0.4 is 4.90 Å². The highest BCUT2D eigenvalue weighted by Gasteiger charge is 2.22. The Kier molecular flexibility index (Phi) is 8.04. The molecule has 0 saturated heterocycles. The summed E-state index contributed by atoms with van der Waals surface area (Å²) >= 11 is 1.85. The minimum atomic E-state index is 0.858. The van der Waals surface area contributed by atoms with Crippen molar-refractivity contribution in [3.63, 3.8) is 0 Å². The molecule has 0 atom stereocenters. The van der Waals surface area contributed by atoms with E-state index in [1.807, 2.05) is 17.4 Å². The smallest absolute Gasteiger partial charge is 0.159 e. The van der Waals surface area contributed by atoms with Crippen LogP contribution in [0.25, 0.3) is 86.6 Å². The van der Waals surface area contributed by atoms with Gasteiger partial charge in [0.05, 0.1) is 5.69 Å². The first-order chi connectivity index (χ1) is 28.2. The second-order valence-corrected chi connectivity index (χ2v) is 15.6. The first kappa shape index (κ1) is 33.2. The summed E-state index contributed by atoms with van der Waals surface area (Å²) in [5.41, 5.74) is 14.3. The highest BCUT2D eigenvalue weighted by atomic mass is 32.1. The third kappa shape index (κ3) is 5.88. The number of benzene rings is 9. The third-order valence-electron chi connectivity index (χ3n) is 11.1. The van der Waals surface area contributed by atoms with Gasteiger partial charge in [-0.15, -0.1) is 11.3 Å². The summed E-state index contributed by atoms with van der Waals surface area (Å²) in [6.45, 7) is 0. The van der Waals surface area contributed by atoms with Gasteiger partial charge in [-0.3, -0.25) is 0 Å². The Morgan fingerprint density at radius 1 is 0.351 bits per heavy atom. The van der Waals surface area contributed by atoms with Crippen LogP contribution in [0.4, 0.5) is 17.1 Å². The quantitative estimate of drug-likeness (QED) is 0.162. The van der Waals surface area contributed by atoms with Crippen LogP contribution in [0.5, 0.6) is 0 Å². The van der Waals surface area contributed by atoms with Crippen LogP contribution in [0.1, 0.15) is 0 Å². The van der Waals surface area contributed by atoms with E-state index >= 15 is 0 Å². The second-order valence-electron chi connectivity index (χ2n) is 14.5. The molecule has 0 fully saturated rings. The Labute approximate surface area is 335 Å². The van der Waals surface area contributed by atoms with E-state index in [2.05, 4.69) is 211 Å². The molecule has 2 heterocycles. The summed E-state index contributed by atoms with van der Waals surface area (Å²) in [7, 11) is 0. The molecule has 2 nitrogen and oxygen atoms in total. The molecule has 268 valence electrons. The van der Waals surface area contributed by atoms with Crippen molar-refractivity contribution in [2.75, 3.05) is 4.90 Å². The highest BCUT2D eigenvalue weighted by molar-refractivity contribution is 7.25. The molecule has 0 saturated carbocycles. The number of anilines is 3. The van der Waals surface area contributed by atoms with Gasteiger partial charge in [0, 0.05) is 42.3 Å². The summed E-state index contributed by atoms with van der Waals surface area (Å²) in [6.07, 6.45) is 0. The molecule has 0 bridgehead atoms. The topological polar surface area (TPSA) is 16.4 Å². The molecule has 3 heteroatoms. The Morgan fingerprint density at radius 2 is 0.895 bits per heavy atom. The summed E-state index contributed by atoms with van der Waals surface area (Å²) in [4.78, 5) is 2.37. The van der Waals surface area contributed by atoms with Gasteiger partial charge in [-0.25, -0.2) is 0 Å². The first-order valence-corrected chi connectivity index (χ1v) is 20.1. The zero-order valence-electron chi connectivity index (χ0n) is 31.0. The maximum atomic E-state index is 6.73. The molecule has 0 unspecified atom stereocenters. The lowest BCUT2D eigenvalue weighted by atomic mass is 9.94. The van der Waals surface area contributed by atoms with E-state index in [4.69, 9.17) is 4.42 Å². The number of thiophene rings is 1.